The van der Waals surface area contributed by atoms with E-state index >= 15 is 0 Å². The number of hydrogen-bond acceptors (Lipinski definition) is 3. The minimum absolute atomic E-state index is 0.274. The Bertz CT molecular complexity index is 1410. The zero-order chi connectivity index (χ0) is 24.3. The van der Waals surface area contributed by atoms with Gasteiger partial charge in [-0.1, -0.05) is 24.3 Å². The van der Waals surface area contributed by atoms with Crippen molar-refractivity contribution in [1.82, 2.24) is 19.2 Å². The number of hydrogen-bond donors (Lipinski definition) is 1. The number of amides is 1. The summed E-state index contributed by atoms with van der Waals surface area (Å²) in [5, 5.41) is 5.48. The zero-order valence-electron chi connectivity index (χ0n) is 20.1. The van der Waals surface area contributed by atoms with E-state index in [1.54, 1.807) is 10.7 Å². The van der Waals surface area contributed by atoms with Crippen LogP contribution in [0.5, 0.6) is 0 Å². The van der Waals surface area contributed by atoms with Crippen LogP contribution in [0.25, 0.3) is 16.6 Å². The lowest BCUT2D eigenvalue weighted by molar-refractivity contribution is 0.0995. The van der Waals surface area contributed by atoms with Crippen molar-refractivity contribution in [2.75, 3.05) is 20.1 Å². The minimum Gasteiger partial charge on any atom is -0.364 e. The number of aromatic nitrogens is 3. The van der Waals surface area contributed by atoms with Crippen LogP contribution in [0.15, 0.2) is 59.2 Å². The van der Waals surface area contributed by atoms with E-state index in [9.17, 15) is 4.79 Å². The van der Waals surface area contributed by atoms with Crippen LogP contribution in [-0.4, -0.2) is 45.3 Å². The van der Waals surface area contributed by atoms with Crippen LogP contribution < -0.4 is 5.73 Å². The smallest absolute Gasteiger partial charge is 0.269 e. The second-order valence-electron chi connectivity index (χ2n) is 10.4. The molecule has 2 aliphatic rings. The van der Waals surface area contributed by atoms with Crippen LogP contribution in [0, 0.1) is 18.8 Å². The van der Waals surface area contributed by atoms with E-state index in [0.717, 1.165) is 45.1 Å². The molecule has 3 heterocycles. The largest absolute Gasteiger partial charge is 0.364 e. The third-order valence-electron chi connectivity index (χ3n) is 7.94. The maximum atomic E-state index is 11.5. The molecule has 2 fully saturated rings. The fourth-order valence-corrected chi connectivity index (χ4v) is 6.82. The monoisotopic (exact) mass is 531 g/mol. The SMILES string of the molecule is Cc1cc(C(N)=O)nn1-c1ccc2c(c1)c(Br)cn2Cc1ccc([C@@H]2C[C@@H]3CN(C)C[C@@H]3C2)cc1. The van der Waals surface area contributed by atoms with E-state index in [1.807, 2.05) is 13.0 Å². The molecule has 0 bridgehead atoms. The van der Waals surface area contributed by atoms with E-state index in [1.165, 1.54) is 37.1 Å². The fourth-order valence-electron chi connectivity index (χ4n) is 6.26. The third kappa shape index (κ3) is 4.10. The zero-order valence-corrected chi connectivity index (χ0v) is 21.7. The Hall–Kier alpha value is -2.90. The molecule has 35 heavy (non-hydrogen) atoms. The molecule has 2 aromatic carbocycles. The number of fused-ring (bicyclic) bond motifs is 2. The van der Waals surface area contributed by atoms with Crippen LogP contribution in [0.2, 0.25) is 0 Å². The van der Waals surface area contributed by atoms with Gasteiger partial charge in [-0.3, -0.25) is 4.79 Å². The number of rotatable bonds is 5. The molecule has 1 aliphatic carbocycles. The predicted molar refractivity (Wildman–Crippen MR) is 142 cm³/mol. The Morgan fingerprint density at radius 3 is 2.46 bits per heavy atom. The molecular formula is C28H30BrN5O. The van der Waals surface area contributed by atoms with Crippen molar-refractivity contribution >= 4 is 32.7 Å². The summed E-state index contributed by atoms with van der Waals surface area (Å²) in [5.74, 6) is 1.96. The van der Waals surface area contributed by atoms with E-state index in [-0.39, 0.29) is 5.69 Å². The van der Waals surface area contributed by atoms with Crippen molar-refractivity contribution < 1.29 is 4.79 Å². The van der Waals surface area contributed by atoms with Gasteiger partial charge in [0.2, 0.25) is 0 Å². The Kier molecular flexibility index (Phi) is 5.57. The standard InChI is InChI=1S/C28H30BrN5O/c1-17-9-26(28(30)35)31-34(17)23-7-8-27-24(12-23)25(29)16-33(27)13-18-3-5-19(6-4-18)20-10-21-14-32(2)15-22(21)11-20/h3-9,12,16,20-22H,10-11,13-15H2,1-2H3,(H2,30,35)/t20-,21-,22+. The second-order valence-corrected chi connectivity index (χ2v) is 11.3. The number of nitrogens with zero attached hydrogens (tertiary/aromatic N) is 4. The summed E-state index contributed by atoms with van der Waals surface area (Å²) in [7, 11) is 2.25. The van der Waals surface area contributed by atoms with E-state index in [2.05, 4.69) is 80.1 Å². The van der Waals surface area contributed by atoms with Gasteiger partial charge in [0, 0.05) is 46.9 Å². The molecule has 4 aromatic rings. The normalized spacial score (nSPS) is 22.2. The van der Waals surface area contributed by atoms with Crippen molar-refractivity contribution in [2.45, 2.75) is 32.2 Å². The number of nitrogens with two attached hydrogens (primary N) is 1. The Labute approximate surface area is 213 Å². The van der Waals surface area contributed by atoms with Gasteiger partial charge < -0.3 is 15.2 Å². The van der Waals surface area contributed by atoms with Crippen molar-refractivity contribution in [3.8, 4) is 5.69 Å². The molecule has 0 unspecified atom stereocenters. The molecule has 2 N–H and O–H groups in total. The summed E-state index contributed by atoms with van der Waals surface area (Å²) in [6.45, 7) is 5.27. The van der Waals surface area contributed by atoms with Gasteiger partial charge in [-0.25, -0.2) is 4.68 Å². The molecule has 3 atom stereocenters. The highest BCUT2D eigenvalue weighted by atomic mass is 79.9. The highest BCUT2D eigenvalue weighted by molar-refractivity contribution is 9.10. The highest BCUT2D eigenvalue weighted by Crippen LogP contribution is 2.45. The Balaban J connectivity index is 1.22. The maximum absolute atomic E-state index is 11.5. The molecule has 1 saturated carbocycles. The first-order chi connectivity index (χ1) is 16.9. The molecule has 2 aromatic heterocycles. The van der Waals surface area contributed by atoms with Crippen LogP contribution in [0.3, 0.4) is 0 Å². The average molecular weight is 532 g/mol. The first-order valence-corrected chi connectivity index (χ1v) is 13.1. The summed E-state index contributed by atoms with van der Waals surface area (Å²) in [6, 6.07) is 17.2. The first-order valence-electron chi connectivity index (χ1n) is 12.3. The van der Waals surface area contributed by atoms with Gasteiger partial charge in [0.05, 0.1) is 5.69 Å². The van der Waals surface area contributed by atoms with Crippen molar-refractivity contribution in [1.29, 1.82) is 0 Å². The molecule has 1 saturated heterocycles. The molecule has 0 radical (unpaired) electrons. The molecule has 180 valence electrons. The van der Waals surface area contributed by atoms with Gasteiger partial charge >= 0.3 is 0 Å². The summed E-state index contributed by atoms with van der Waals surface area (Å²) in [4.78, 5) is 14.0. The first kappa shape index (κ1) is 22.6. The number of carbonyl (C=O) groups is 1. The molecular weight excluding hydrogens is 502 g/mol. The number of halogens is 1. The molecule has 6 rings (SSSR count). The molecule has 1 aliphatic heterocycles. The van der Waals surface area contributed by atoms with Crippen molar-refractivity contribution in [3.05, 3.63) is 81.7 Å². The molecule has 6 nitrogen and oxygen atoms in total. The molecule has 0 spiro atoms. The lowest BCUT2D eigenvalue weighted by Gasteiger charge is -2.15. The van der Waals surface area contributed by atoms with Gasteiger partial charge in [-0.05, 0) is 95.9 Å². The number of benzene rings is 2. The molecule has 1 amide bonds. The van der Waals surface area contributed by atoms with Crippen LogP contribution >= 0.6 is 15.9 Å². The average Bonchev–Trinajstić information content (AvgIpc) is 3.57. The Morgan fingerprint density at radius 2 is 1.80 bits per heavy atom. The number of aryl methyl sites for hydroxylation is 1. The van der Waals surface area contributed by atoms with Crippen LogP contribution in [0.1, 0.15) is 46.1 Å². The number of carbonyl (C=O) groups excluding carboxylic acids is 1. The van der Waals surface area contributed by atoms with Gasteiger partial charge in [0.15, 0.2) is 5.69 Å². The van der Waals surface area contributed by atoms with Crippen LogP contribution in [0.4, 0.5) is 0 Å². The lowest BCUT2D eigenvalue weighted by Crippen LogP contribution is -2.16. The van der Waals surface area contributed by atoms with E-state index < -0.39 is 5.91 Å². The van der Waals surface area contributed by atoms with Gasteiger partial charge in [0.1, 0.15) is 0 Å². The van der Waals surface area contributed by atoms with E-state index in [4.69, 9.17) is 5.73 Å². The van der Waals surface area contributed by atoms with Gasteiger partial charge in [-0.15, -0.1) is 0 Å². The summed E-state index contributed by atoms with van der Waals surface area (Å²) < 4.78 is 5.07. The number of likely N-dealkylation sites (tertiary alicyclic amines) is 1. The highest BCUT2D eigenvalue weighted by Gasteiger charge is 2.39. The van der Waals surface area contributed by atoms with Gasteiger partial charge in [0.25, 0.3) is 5.91 Å². The maximum Gasteiger partial charge on any atom is 0.269 e. The lowest BCUT2D eigenvalue weighted by atomic mass is 9.95. The minimum atomic E-state index is -0.519. The van der Waals surface area contributed by atoms with Crippen molar-refractivity contribution in [3.63, 3.8) is 0 Å². The van der Waals surface area contributed by atoms with Gasteiger partial charge in [-0.2, -0.15) is 5.10 Å². The predicted octanol–water partition coefficient (Wildman–Crippen LogP) is 5.10. The fraction of sp³-hybridized carbons (Fsp3) is 0.357. The summed E-state index contributed by atoms with van der Waals surface area (Å²) in [6.07, 6.45) is 4.81. The second kappa shape index (κ2) is 8.64. The topological polar surface area (TPSA) is 69.1 Å². The quantitative estimate of drug-likeness (QED) is 0.389. The van der Waals surface area contributed by atoms with Crippen LogP contribution in [-0.2, 0) is 6.54 Å². The number of primary amides is 1. The summed E-state index contributed by atoms with van der Waals surface area (Å²) in [5.41, 5.74) is 11.4. The summed E-state index contributed by atoms with van der Waals surface area (Å²) >= 11 is 3.74. The van der Waals surface area contributed by atoms with Crippen molar-refractivity contribution in [2.24, 2.45) is 17.6 Å². The third-order valence-corrected chi connectivity index (χ3v) is 8.57. The van der Waals surface area contributed by atoms with E-state index in [0.29, 0.717) is 5.92 Å². The Morgan fingerprint density at radius 1 is 1.09 bits per heavy atom. The molecule has 7 heteroatoms.